The molecule has 1 aromatic heterocycles. The van der Waals surface area contributed by atoms with E-state index in [1.807, 2.05) is 18.2 Å². The second-order valence-corrected chi connectivity index (χ2v) is 6.10. The summed E-state index contributed by atoms with van der Waals surface area (Å²) in [6, 6.07) is 13.5. The van der Waals surface area contributed by atoms with Gasteiger partial charge in [-0.2, -0.15) is 0 Å². The van der Waals surface area contributed by atoms with Crippen LogP contribution in [0.15, 0.2) is 54.6 Å². The van der Waals surface area contributed by atoms with Crippen LogP contribution in [0, 0.1) is 5.82 Å². The molecule has 0 saturated carbocycles. The first kappa shape index (κ1) is 16.1. The molecule has 130 valence electrons. The van der Waals surface area contributed by atoms with Crippen molar-refractivity contribution in [1.29, 1.82) is 0 Å². The molecular weight excluding hydrogens is 333 g/mol. The fraction of sp³-hybridized carbons (Fsp3) is 0.100. The number of nitrogens with one attached hydrogen (secondary N) is 3. The number of amides is 2. The van der Waals surface area contributed by atoms with Crippen molar-refractivity contribution in [3.8, 4) is 0 Å². The zero-order chi connectivity index (χ0) is 18.1. The van der Waals surface area contributed by atoms with E-state index in [4.69, 9.17) is 0 Å². The molecule has 2 amide bonds. The van der Waals surface area contributed by atoms with Crippen LogP contribution in [0.5, 0.6) is 0 Å². The number of carbonyl (C=O) groups is 2. The number of para-hydroxylation sites is 1. The lowest BCUT2D eigenvalue weighted by Crippen LogP contribution is -2.22. The van der Waals surface area contributed by atoms with Crippen molar-refractivity contribution < 1.29 is 14.0 Å². The summed E-state index contributed by atoms with van der Waals surface area (Å²) in [6.07, 6.45) is 1.88. The van der Waals surface area contributed by atoms with Crippen LogP contribution in [0.4, 0.5) is 10.1 Å². The van der Waals surface area contributed by atoms with Gasteiger partial charge in [0.15, 0.2) is 0 Å². The third kappa shape index (κ3) is 2.97. The van der Waals surface area contributed by atoms with Crippen molar-refractivity contribution in [3.63, 3.8) is 0 Å². The SMILES string of the molecule is O=C(CC1=CCNC(=O)c2[nH]c3ccc(F)cc3c21)Nc1ccccc1. The molecule has 0 spiro atoms. The van der Waals surface area contributed by atoms with Gasteiger partial charge in [-0.25, -0.2) is 4.39 Å². The summed E-state index contributed by atoms with van der Waals surface area (Å²) in [5, 5.41) is 6.18. The summed E-state index contributed by atoms with van der Waals surface area (Å²) < 4.78 is 13.7. The highest BCUT2D eigenvalue weighted by molar-refractivity contribution is 6.10. The number of rotatable bonds is 3. The number of halogens is 1. The number of hydrogen-bond donors (Lipinski definition) is 3. The zero-order valence-electron chi connectivity index (χ0n) is 13.8. The minimum absolute atomic E-state index is 0.0837. The van der Waals surface area contributed by atoms with Gasteiger partial charge in [-0.3, -0.25) is 9.59 Å². The van der Waals surface area contributed by atoms with Gasteiger partial charge in [-0.15, -0.1) is 0 Å². The van der Waals surface area contributed by atoms with Crippen molar-refractivity contribution in [2.75, 3.05) is 11.9 Å². The number of H-pyrrole nitrogens is 1. The van der Waals surface area contributed by atoms with Gasteiger partial charge in [0.05, 0.1) is 6.42 Å². The molecule has 0 unspecified atom stereocenters. The van der Waals surface area contributed by atoms with Crippen molar-refractivity contribution in [2.24, 2.45) is 0 Å². The smallest absolute Gasteiger partial charge is 0.268 e. The maximum absolute atomic E-state index is 13.7. The Morgan fingerprint density at radius 2 is 1.96 bits per heavy atom. The topological polar surface area (TPSA) is 74.0 Å². The molecule has 2 aromatic carbocycles. The molecule has 26 heavy (non-hydrogen) atoms. The van der Waals surface area contributed by atoms with Gasteiger partial charge in [0.2, 0.25) is 5.91 Å². The van der Waals surface area contributed by atoms with Gasteiger partial charge >= 0.3 is 0 Å². The van der Waals surface area contributed by atoms with Crippen molar-refractivity contribution in [2.45, 2.75) is 6.42 Å². The number of aromatic amines is 1. The number of benzene rings is 2. The number of aromatic nitrogens is 1. The predicted molar refractivity (Wildman–Crippen MR) is 98.3 cm³/mol. The third-order valence-corrected chi connectivity index (χ3v) is 4.33. The van der Waals surface area contributed by atoms with E-state index >= 15 is 0 Å². The first-order valence-electron chi connectivity index (χ1n) is 8.25. The van der Waals surface area contributed by atoms with E-state index in [1.54, 1.807) is 24.3 Å². The Labute approximate surface area is 148 Å². The average Bonchev–Trinajstić information content (AvgIpc) is 2.93. The van der Waals surface area contributed by atoms with Gasteiger partial charge in [-0.05, 0) is 35.9 Å². The van der Waals surface area contributed by atoms with E-state index < -0.39 is 5.82 Å². The quantitative estimate of drug-likeness (QED) is 0.677. The lowest BCUT2D eigenvalue weighted by Gasteiger charge is -2.08. The lowest BCUT2D eigenvalue weighted by molar-refractivity contribution is -0.115. The number of hydrogen-bond acceptors (Lipinski definition) is 2. The molecule has 5 nitrogen and oxygen atoms in total. The number of fused-ring (bicyclic) bond motifs is 3. The maximum atomic E-state index is 13.7. The van der Waals surface area contributed by atoms with Gasteiger partial charge < -0.3 is 15.6 Å². The monoisotopic (exact) mass is 349 g/mol. The Balaban J connectivity index is 1.71. The number of carbonyl (C=O) groups excluding carboxylic acids is 2. The van der Waals surface area contributed by atoms with E-state index in [1.165, 1.54) is 12.1 Å². The molecular formula is C20H16FN3O2. The molecule has 6 heteroatoms. The van der Waals surface area contributed by atoms with Crippen molar-refractivity contribution in [3.05, 3.63) is 71.7 Å². The molecule has 0 atom stereocenters. The first-order valence-corrected chi connectivity index (χ1v) is 8.25. The van der Waals surface area contributed by atoms with Crippen LogP contribution in [0.2, 0.25) is 0 Å². The van der Waals surface area contributed by atoms with Gasteiger partial charge in [0, 0.05) is 28.7 Å². The number of anilines is 1. The highest BCUT2D eigenvalue weighted by atomic mass is 19.1. The summed E-state index contributed by atoms with van der Waals surface area (Å²) in [6.45, 7) is 0.312. The van der Waals surface area contributed by atoms with Crippen LogP contribution < -0.4 is 10.6 Å². The normalized spacial score (nSPS) is 13.6. The molecule has 1 aliphatic rings. The third-order valence-electron chi connectivity index (χ3n) is 4.33. The standard InChI is InChI=1S/C20H16FN3O2/c21-13-6-7-16-15(11-13)18-12(8-9-22-20(26)19(18)24-16)10-17(25)23-14-4-2-1-3-5-14/h1-8,11,24H,9-10H2,(H,22,26)(H,23,25). The van der Waals surface area contributed by atoms with E-state index in [2.05, 4.69) is 15.6 Å². The van der Waals surface area contributed by atoms with Crippen LogP contribution in [-0.2, 0) is 4.79 Å². The van der Waals surface area contributed by atoms with E-state index in [9.17, 15) is 14.0 Å². The van der Waals surface area contributed by atoms with Crippen LogP contribution in [0.1, 0.15) is 22.5 Å². The van der Waals surface area contributed by atoms with Crippen molar-refractivity contribution in [1.82, 2.24) is 10.3 Å². The second kappa shape index (κ2) is 6.48. The second-order valence-electron chi connectivity index (χ2n) is 6.10. The molecule has 3 N–H and O–H groups in total. The summed E-state index contributed by atoms with van der Waals surface area (Å²) >= 11 is 0. The molecule has 0 aliphatic carbocycles. The summed E-state index contributed by atoms with van der Waals surface area (Å²) in [7, 11) is 0. The fourth-order valence-electron chi connectivity index (χ4n) is 3.19. The highest BCUT2D eigenvalue weighted by Crippen LogP contribution is 2.32. The molecule has 3 aromatic rings. The molecule has 4 rings (SSSR count). The van der Waals surface area contributed by atoms with Gasteiger partial charge in [0.1, 0.15) is 11.5 Å². The molecule has 0 bridgehead atoms. The van der Waals surface area contributed by atoms with Crippen LogP contribution in [0.3, 0.4) is 0 Å². The molecule has 0 saturated heterocycles. The molecule has 2 heterocycles. The van der Waals surface area contributed by atoms with E-state index in [0.717, 1.165) is 0 Å². The highest BCUT2D eigenvalue weighted by Gasteiger charge is 2.24. The Bertz CT molecular complexity index is 1040. The average molecular weight is 349 g/mol. The Kier molecular flexibility index (Phi) is 4.01. The van der Waals surface area contributed by atoms with E-state index in [0.29, 0.717) is 40.0 Å². The summed E-state index contributed by atoms with van der Waals surface area (Å²) in [4.78, 5) is 27.8. The van der Waals surface area contributed by atoms with Crippen LogP contribution in [-0.4, -0.2) is 23.3 Å². The summed E-state index contributed by atoms with van der Waals surface area (Å²) in [5.41, 5.74) is 2.97. The Hall–Kier alpha value is -3.41. The molecule has 1 aliphatic heterocycles. The molecule has 0 fully saturated rings. The first-order chi connectivity index (χ1) is 12.6. The van der Waals surface area contributed by atoms with Crippen LogP contribution in [0.25, 0.3) is 16.5 Å². The molecule has 0 radical (unpaired) electrons. The fourth-order valence-corrected chi connectivity index (χ4v) is 3.19. The summed E-state index contributed by atoms with van der Waals surface area (Å²) in [5.74, 6) is -0.864. The Morgan fingerprint density at radius 1 is 1.15 bits per heavy atom. The maximum Gasteiger partial charge on any atom is 0.268 e. The Morgan fingerprint density at radius 3 is 2.77 bits per heavy atom. The van der Waals surface area contributed by atoms with Gasteiger partial charge in [-0.1, -0.05) is 24.3 Å². The van der Waals surface area contributed by atoms with Crippen molar-refractivity contribution >= 4 is 34.0 Å². The zero-order valence-corrected chi connectivity index (χ0v) is 13.8. The van der Waals surface area contributed by atoms with E-state index in [-0.39, 0.29) is 18.2 Å². The minimum Gasteiger partial charge on any atom is -0.350 e. The largest absolute Gasteiger partial charge is 0.350 e. The lowest BCUT2D eigenvalue weighted by atomic mass is 9.98. The van der Waals surface area contributed by atoms with Crippen LogP contribution >= 0.6 is 0 Å². The predicted octanol–water partition coefficient (Wildman–Crippen LogP) is 3.46. The van der Waals surface area contributed by atoms with Gasteiger partial charge in [0.25, 0.3) is 5.91 Å². The minimum atomic E-state index is -0.392.